The van der Waals surface area contributed by atoms with Crippen molar-refractivity contribution in [3.8, 4) is 11.8 Å². The van der Waals surface area contributed by atoms with Gasteiger partial charge in [-0.15, -0.1) is 0 Å². The average Bonchev–Trinajstić information content (AvgIpc) is 2.47. The van der Waals surface area contributed by atoms with Crippen LogP contribution < -0.4 is 15.0 Å². The highest BCUT2D eigenvalue weighted by atomic mass is 16.5. The van der Waals surface area contributed by atoms with E-state index in [1.54, 1.807) is 19.2 Å². The number of methoxy groups -OCH3 is 1. The molecule has 0 fully saturated rings. The molecule has 0 spiro atoms. The van der Waals surface area contributed by atoms with Gasteiger partial charge in [0.1, 0.15) is 11.8 Å². The van der Waals surface area contributed by atoms with E-state index in [-0.39, 0.29) is 0 Å². The normalized spacial score (nSPS) is 9.70. The Morgan fingerprint density at radius 1 is 1.10 bits per heavy atom. The number of para-hydroxylation sites is 3. The summed E-state index contributed by atoms with van der Waals surface area (Å²) in [4.78, 5) is 2.02. The minimum absolute atomic E-state index is 0.554. The van der Waals surface area contributed by atoms with Crippen LogP contribution in [0.25, 0.3) is 0 Å². The number of nitrogens with zero attached hydrogens (tertiary/aromatic N) is 2. The first kappa shape index (κ1) is 13.8. The average molecular weight is 267 g/mol. The number of nitriles is 1. The minimum Gasteiger partial charge on any atom is -0.495 e. The lowest BCUT2D eigenvalue weighted by Gasteiger charge is -2.20. The smallest absolute Gasteiger partial charge is 0.143 e. The molecule has 4 heteroatoms. The second-order valence-electron chi connectivity index (χ2n) is 4.53. The van der Waals surface area contributed by atoms with E-state index < -0.39 is 0 Å². The Hall–Kier alpha value is -2.67. The Balaban J connectivity index is 2.48. The summed E-state index contributed by atoms with van der Waals surface area (Å²) in [6, 6.07) is 15.5. The Morgan fingerprint density at radius 2 is 1.85 bits per heavy atom. The molecular weight excluding hydrogens is 250 g/mol. The molecule has 0 aliphatic rings. The number of hydrogen-bond donors (Lipinski definition) is 1. The molecule has 102 valence electrons. The fourth-order valence-electron chi connectivity index (χ4n) is 2.03. The number of rotatable bonds is 4. The summed E-state index contributed by atoms with van der Waals surface area (Å²) < 4.78 is 5.33. The summed E-state index contributed by atoms with van der Waals surface area (Å²) in [7, 11) is 5.56. The van der Waals surface area contributed by atoms with E-state index in [2.05, 4.69) is 11.4 Å². The van der Waals surface area contributed by atoms with Gasteiger partial charge in [0.25, 0.3) is 0 Å². The molecule has 2 aromatic carbocycles. The maximum atomic E-state index is 9.24. The van der Waals surface area contributed by atoms with Gasteiger partial charge in [-0.1, -0.05) is 18.2 Å². The number of ether oxygens (including phenoxy) is 1. The fraction of sp³-hybridized carbons (Fsp3) is 0.188. The number of nitrogens with one attached hydrogen (secondary N) is 1. The van der Waals surface area contributed by atoms with Crippen LogP contribution in [0, 0.1) is 11.3 Å². The van der Waals surface area contributed by atoms with Crippen molar-refractivity contribution in [1.82, 2.24) is 0 Å². The maximum absolute atomic E-state index is 9.24. The van der Waals surface area contributed by atoms with Gasteiger partial charge in [-0.25, -0.2) is 0 Å². The van der Waals surface area contributed by atoms with Gasteiger partial charge in [-0.2, -0.15) is 5.26 Å². The third-order valence-corrected chi connectivity index (χ3v) is 3.01. The lowest BCUT2D eigenvalue weighted by Crippen LogP contribution is -2.11. The van der Waals surface area contributed by atoms with Gasteiger partial charge in [0.15, 0.2) is 0 Å². The van der Waals surface area contributed by atoms with E-state index >= 15 is 0 Å². The topological polar surface area (TPSA) is 48.3 Å². The number of anilines is 3. The standard InChI is InChI=1S/C16H17N3O/c1-19(2)14-9-5-4-8-13(14)18-16-12(11-17)7-6-10-15(16)20-3/h4-10,18H,1-3H3. The Kier molecular flexibility index (Phi) is 4.11. The van der Waals surface area contributed by atoms with Gasteiger partial charge in [-0.3, -0.25) is 0 Å². The summed E-state index contributed by atoms with van der Waals surface area (Å²) in [6.07, 6.45) is 0. The lowest BCUT2D eigenvalue weighted by molar-refractivity contribution is 0.416. The zero-order chi connectivity index (χ0) is 14.5. The second-order valence-corrected chi connectivity index (χ2v) is 4.53. The van der Waals surface area contributed by atoms with Crippen molar-refractivity contribution in [3.05, 3.63) is 48.0 Å². The second kappa shape index (κ2) is 5.98. The molecule has 20 heavy (non-hydrogen) atoms. The predicted octanol–water partition coefficient (Wildman–Crippen LogP) is 3.38. The van der Waals surface area contributed by atoms with Crippen LogP contribution in [0.5, 0.6) is 5.75 Å². The van der Waals surface area contributed by atoms with Crippen LogP contribution in [0.15, 0.2) is 42.5 Å². The largest absolute Gasteiger partial charge is 0.495 e. The Labute approximate surface area is 119 Å². The molecule has 0 aliphatic heterocycles. The van der Waals surface area contributed by atoms with Gasteiger partial charge >= 0.3 is 0 Å². The summed E-state index contributed by atoms with van der Waals surface area (Å²) >= 11 is 0. The van der Waals surface area contributed by atoms with Crippen molar-refractivity contribution in [2.75, 3.05) is 31.4 Å². The summed E-state index contributed by atoms with van der Waals surface area (Å²) in [5.41, 5.74) is 3.21. The minimum atomic E-state index is 0.554. The van der Waals surface area contributed by atoms with Crippen molar-refractivity contribution in [2.45, 2.75) is 0 Å². The molecular formula is C16H17N3O. The highest BCUT2D eigenvalue weighted by molar-refractivity contribution is 5.80. The summed E-state index contributed by atoms with van der Waals surface area (Å²) in [5.74, 6) is 0.651. The van der Waals surface area contributed by atoms with Crippen molar-refractivity contribution >= 4 is 17.1 Å². The van der Waals surface area contributed by atoms with Crippen molar-refractivity contribution in [3.63, 3.8) is 0 Å². The molecule has 1 N–H and O–H groups in total. The van der Waals surface area contributed by atoms with Crippen molar-refractivity contribution < 1.29 is 4.74 Å². The van der Waals surface area contributed by atoms with E-state index in [9.17, 15) is 5.26 Å². The van der Waals surface area contributed by atoms with Crippen LogP contribution >= 0.6 is 0 Å². The fourth-order valence-corrected chi connectivity index (χ4v) is 2.03. The van der Waals surface area contributed by atoms with E-state index in [4.69, 9.17) is 4.74 Å². The first-order chi connectivity index (χ1) is 9.67. The first-order valence-corrected chi connectivity index (χ1v) is 6.28. The number of hydrogen-bond acceptors (Lipinski definition) is 4. The molecule has 0 amide bonds. The highest BCUT2D eigenvalue weighted by Crippen LogP contribution is 2.34. The lowest BCUT2D eigenvalue weighted by atomic mass is 10.1. The van der Waals surface area contributed by atoms with Gasteiger partial charge < -0.3 is 15.0 Å². The molecule has 4 nitrogen and oxygen atoms in total. The summed E-state index contributed by atoms with van der Waals surface area (Å²) in [6.45, 7) is 0. The first-order valence-electron chi connectivity index (χ1n) is 6.28. The molecule has 0 aromatic heterocycles. The third kappa shape index (κ3) is 2.67. The molecule has 2 rings (SSSR count). The Bertz CT molecular complexity index is 644. The molecule has 0 heterocycles. The SMILES string of the molecule is COc1cccc(C#N)c1Nc1ccccc1N(C)C. The van der Waals surface area contributed by atoms with Crippen LogP contribution in [-0.4, -0.2) is 21.2 Å². The van der Waals surface area contributed by atoms with Crippen LogP contribution in [0.3, 0.4) is 0 Å². The molecule has 0 saturated heterocycles. The van der Waals surface area contributed by atoms with Crippen LogP contribution in [-0.2, 0) is 0 Å². The van der Waals surface area contributed by atoms with Crippen LogP contribution in [0.4, 0.5) is 17.1 Å². The molecule has 0 unspecified atom stereocenters. The zero-order valence-corrected chi connectivity index (χ0v) is 11.8. The van der Waals surface area contributed by atoms with Crippen molar-refractivity contribution in [2.24, 2.45) is 0 Å². The monoisotopic (exact) mass is 267 g/mol. The molecule has 0 atom stereocenters. The predicted molar refractivity (Wildman–Crippen MR) is 81.8 cm³/mol. The van der Waals surface area contributed by atoms with Gasteiger partial charge in [0.2, 0.25) is 0 Å². The maximum Gasteiger partial charge on any atom is 0.143 e. The molecule has 0 saturated carbocycles. The molecule has 2 aromatic rings. The van der Waals surface area contributed by atoms with E-state index in [0.29, 0.717) is 17.0 Å². The summed E-state index contributed by atoms with van der Waals surface area (Å²) in [5, 5.41) is 12.5. The van der Waals surface area contributed by atoms with E-state index in [1.165, 1.54) is 0 Å². The molecule has 0 aliphatic carbocycles. The van der Waals surface area contributed by atoms with Gasteiger partial charge in [0, 0.05) is 14.1 Å². The third-order valence-electron chi connectivity index (χ3n) is 3.01. The van der Waals surface area contributed by atoms with Gasteiger partial charge in [-0.05, 0) is 24.3 Å². The van der Waals surface area contributed by atoms with E-state index in [1.807, 2.05) is 49.3 Å². The quantitative estimate of drug-likeness (QED) is 0.922. The van der Waals surface area contributed by atoms with E-state index in [0.717, 1.165) is 11.4 Å². The number of benzene rings is 2. The van der Waals surface area contributed by atoms with Gasteiger partial charge in [0.05, 0.1) is 29.7 Å². The molecule has 0 bridgehead atoms. The Morgan fingerprint density at radius 3 is 2.50 bits per heavy atom. The highest BCUT2D eigenvalue weighted by Gasteiger charge is 2.11. The van der Waals surface area contributed by atoms with Crippen molar-refractivity contribution in [1.29, 1.82) is 5.26 Å². The van der Waals surface area contributed by atoms with Crippen LogP contribution in [0.2, 0.25) is 0 Å². The zero-order valence-electron chi connectivity index (χ0n) is 11.8. The molecule has 0 radical (unpaired) electrons. The van der Waals surface area contributed by atoms with Crippen LogP contribution in [0.1, 0.15) is 5.56 Å².